The predicted molar refractivity (Wildman–Crippen MR) is 98.7 cm³/mol. The van der Waals surface area contributed by atoms with Crippen LogP contribution in [0.1, 0.15) is 32.8 Å². The number of nitrogens with one attached hydrogen (secondary N) is 1. The SMILES string of the molecule is Cc1cccc(NC(=O)CCN2CCN(C(=O)OC(C)(C)C)CC2)c1. The van der Waals surface area contributed by atoms with E-state index in [2.05, 4.69) is 10.2 Å². The van der Waals surface area contributed by atoms with Crippen LogP contribution < -0.4 is 5.32 Å². The van der Waals surface area contributed by atoms with Crippen molar-refractivity contribution in [2.45, 2.75) is 39.7 Å². The summed E-state index contributed by atoms with van der Waals surface area (Å²) in [4.78, 5) is 28.0. The highest BCUT2D eigenvalue weighted by Crippen LogP contribution is 2.13. The smallest absolute Gasteiger partial charge is 0.410 e. The molecule has 0 unspecified atom stereocenters. The molecule has 0 aliphatic carbocycles. The molecule has 6 heteroatoms. The fourth-order valence-electron chi connectivity index (χ4n) is 2.69. The first-order chi connectivity index (χ1) is 11.7. The average Bonchev–Trinajstić information content (AvgIpc) is 2.52. The topological polar surface area (TPSA) is 61.9 Å². The number of hydrogen-bond acceptors (Lipinski definition) is 4. The Bertz CT molecular complexity index is 602. The van der Waals surface area contributed by atoms with E-state index in [1.807, 2.05) is 52.0 Å². The molecular weight excluding hydrogens is 318 g/mol. The van der Waals surface area contributed by atoms with Crippen LogP contribution in [0.2, 0.25) is 0 Å². The molecule has 1 aliphatic rings. The number of ether oxygens (including phenoxy) is 1. The summed E-state index contributed by atoms with van der Waals surface area (Å²) in [5.74, 6) is 0.0140. The second-order valence-electron chi connectivity index (χ2n) is 7.48. The zero-order valence-electron chi connectivity index (χ0n) is 15.7. The summed E-state index contributed by atoms with van der Waals surface area (Å²) in [6.07, 6.45) is 0.185. The van der Waals surface area contributed by atoms with E-state index in [-0.39, 0.29) is 12.0 Å². The number of piperazine rings is 1. The minimum Gasteiger partial charge on any atom is -0.444 e. The normalized spacial score (nSPS) is 15.8. The molecule has 0 atom stereocenters. The number of amides is 2. The van der Waals surface area contributed by atoms with Gasteiger partial charge < -0.3 is 15.0 Å². The Kier molecular flexibility index (Phi) is 6.42. The van der Waals surface area contributed by atoms with Crippen LogP contribution in [-0.2, 0) is 9.53 Å². The predicted octanol–water partition coefficient (Wildman–Crippen LogP) is 2.88. The quantitative estimate of drug-likeness (QED) is 0.910. The molecule has 1 heterocycles. The Morgan fingerprint density at radius 3 is 2.44 bits per heavy atom. The van der Waals surface area contributed by atoms with Gasteiger partial charge in [0, 0.05) is 44.8 Å². The third-order valence-electron chi connectivity index (χ3n) is 3.98. The average molecular weight is 347 g/mol. The third-order valence-corrected chi connectivity index (χ3v) is 3.98. The molecule has 0 radical (unpaired) electrons. The van der Waals surface area contributed by atoms with E-state index in [4.69, 9.17) is 4.74 Å². The summed E-state index contributed by atoms with van der Waals surface area (Å²) < 4.78 is 5.39. The van der Waals surface area contributed by atoms with Crippen molar-refractivity contribution in [1.82, 2.24) is 9.80 Å². The molecule has 1 saturated heterocycles. The van der Waals surface area contributed by atoms with Gasteiger partial charge in [0.1, 0.15) is 5.60 Å². The summed E-state index contributed by atoms with van der Waals surface area (Å²) in [5, 5.41) is 2.92. The zero-order chi connectivity index (χ0) is 18.4. The number of anilines is 1. The van der Waals surface area contributed by atoms with Crippen molar-refractivity contribution >= 4 is 17.7 Å². The van der Waals surface area contributed by atoms with Crippen molar-refractivity contribution in [3.8, 4) is 0 Å². The van der Waals surface area contributed by atoms with Crippen LogP contribution in [0.4, 0.5) is 10.5 Å². The van der Waals surface area contributed by atoms with Crippen molar-refractivity contribution in [1.29, 1.82) is 0 Å². The van der Waals surface area contributed by atoms with Crippen LogP contribution in [0, 0.1) is 6.92 Å². The van der Waals surface area contributed by atoms with E-state index >= 15 is 0 Å². The van der Waals surface area contributed by atoms with Gasteiger partial charge in [-0.2, -0.15) is 0 Å². The number of rotatable bonds is 4. The van der Waals surface area contributed by atoms with E-state index in [1.165, 1.54) is 0 Å². The molecule has 1 fully saturated rings. The fourth-order valence-corrected chi connectivity index (χ4v) is 2.69. The van der Waals surface area contributed by atoms with Gasteiger partial charge in [0.2, 0.25) is 5.91 Å². The Morgan fingerprint density at radius 2 is 1.84 bits per heavy atom. The maximum Gasteiger partial charge on any atom is 0.410 e. The van der Waals surface area contributed by atoms with Crippen LogP contribution in [0.5, 0.6) is 0 Å². The van der Waals surface area contributed by atoms with Crippen LogP contribution >= 0.6 is 0 Å². The molecule has 25 heavy (non-hydrogen) atoms. The molecule has 1 aromatic carbocycles. The third kappa shape index (κ3) is 6.74. The minimum absolute atomic E-state index is 0.0140. The van der Waals surface area contributed by atoms with Gasteiger partial charge in [0.05, 0.1) is 0 Å². The van der Waals surface area contributed by atoms with E-state index in [0.717, 1.165) is 24.3 Å². The second kappa shape index (κ2) is 8.34. The molecule has 138 valence electrons. The Hall–Kier alpha value is -2.08. The molecule has 2 amide bonds. The van der Waals surface area contributed by atoms with Gasteiger partial charge in [-0.25, -0.2) is 4.79 Å². The Morgan fingerprint density at radius 1 is 1.16 bits per heavy atom. The molecule has 1 N–H and O–H groups in total. The summed E-state index contributed by atoms with van der Waals surface area (Å²) in [5.41, 5.74) is 1.48. The molecule has 2 rings (SSSR count). The first-order valence-electron chi connectivity index (χ1n) is 8.80. The maximum absolute atomic E-state index is 12.1. The number of nitrogens with zero attached hydrogens (tertiary/aromatic N) is 2. The number of carbonyl (C=O) groups is 2. The van der Waals surface area contributed by atoms with Crippen molar-refractivity contribution in [3.05, 3.63) is 29.8 Å². The van der Waals surface area contributed by atoms with E-state index < -0.39 is 5.60 Å². The Balaban J connectivity index is 1.70. The molecule has 1 aliphatic heterocycles. The summed E-state index contributed by atoms with van der Waals surface area (Å²) in [7, 11) is 0. The molecule has 1 aromatic rings. The van der Waals surface area contributed by atoms with Crippen LogP contribution in [0.15, 0.2) is 24.3 Å². The van der Waals surface area contributed by atoms with Crippen LogP contribution in [0.3, 0.4) is 0 Å². The lowest BCUT2D eigenvalue weighted by Gasteiger charge is -2.35. The maximum atomic E-state index is 12.1. The lowest BCUT2D eigenvalue weighted by Crippen LogP contribution is -2.50. The highest BCUT2D eigenvalue weighted by Gasteiger charge is 2.25. The van der Waals surface area contributed by atoms with Gasteiger partial charge in [-0.3, -0.25) is 9.69 Å². The highest BCUT2D eigenvalue weighted by atomic mass is 16.6. The summed E-state index contributed by atoms with van der Waals surface area (Å²) in [6, 6.07) is 7.78. The molecule has 0 bridgehead atoms. The van der Waals surface area contributed by atoms with Crippen molar-refractivity contribution < 1.29 is 14.3 Å². The molecule has 0 spiro atoms. The summed E-state index contributed by atoms with van der Waals surface area (Å²) in [6.45, 7) is 11.1. The van der Waals surface area contributed by atoms with Gasteiger partial charge >= 0.3 is 6.09 Å². The van der Waals surface area contributed by atoms with Gasteiger partial charge in [0.25, 0.3) is 0 Å². The van der Waals surface area contributed by atoms with Gasteiger partial charge in [0.15, 0.2) is 0 Å². The first-order valence-corrected chi connectivity index (χ1v) is 8.80. The van der Waals surface area contributed by atoms with E-state index in [0.29, 0.717) is 26.1 Å². The standard InChI is InChI=1S/C19H29N3O3/c1-15-6-5-7-16(14-15)20-17(23)8-9-21-10-12-22(13-11-21)18(24)25-19(2,3)4/h5-7,14H,8-13H2,1-4H3,(H,20,23). The van der Waals surface area contributed by atoms with Gasteiger partial charge in [-0.05, 0) is 45.4 Å². The number of carbonyl (C=O) groups excluding carboxylic acids is 2. The van der Waals surface area contributed by atoms with Crippen molar-refractivity contribution in [2.24, 2.45) is 0 Å². The number of benzene rings is 1. The second-order valence-corrected chi connectivity index (χ2v) is 7.48. The molecular formula is C19H29N3O3. The van der Waals surface area contributed by atoms with Crippen LogP contribution in [-0.4, -0.2) is 60.1 Å². The largest absolute Gasteiger partial charge is 0.444 e. The van der Waals surface area contributed by atoms with Gasteiger partial charge in [-0.15, -0.1) is 0 Å². The fraction of sp³-hybridized carbons (Fsp3) is 0.579. The summed E-state index contributed by atoms with van der Waals surface area (Å²) >= 11 is 0. The Labute approximate surface area is 150 Å². The van der Waals surface area contributed by atoms with Crippen molar-refractivity contribution in [3.63, 3.8) is 0 Å². The van der Waals surface area contributed by atoms with Crippen molar-refractivity contribution in [2.75, 3.05) is 38.0 Å². The molecule has 0 aromatic heterocycles. The zero-order valence-corrected chi connectivity index (χ0v) is 15.7. The van der Waals surface area contributed by atoms with E-state index in [1.54, 1.807) is 4.90 Å². The monoisotopic (exact) mass is 347 g/mol. The van der Waals surface area contributed by atoms with Gasteiger partial charge in [-0.1, -0.05) is 12.1 Å². The molecule has 0 saturated carbocycles. The number of hydrogen-bond donors (Lipinski definition) is 1. The first kappa shape index (κ1) is 19.2. The minimum atomic E-state index is -0.470. The van der Waals surface area contributed by atoms with Crippen LogP contribution in [0.25, 0.3) is 0 Å². The number of aryl methyl sites for hydroxylation is 1. The molecule has 6 nitrogen and oxygen atoms in total. The highest BCUT2D eigenvalue weighted by molar-refractivity contribution is 5.90. The van der Waals surface area contributed by atoms with E-state index in [9.17, 15) is 9.59 Å². The lowest BCUT2D eigenvalue weighted by molar-refractivity contribution is -0.116. The lowest BCUT2D eigenvalue weighted by atomic mass is 10.2.